The van der Waals surface area contributed by atoms with Crippen LogP contribution in [0.3, 0.4) is 0 Å². The molecular weight excluding hydrogens is 290 g/mol. The molecule has 2 heterocycles. The lowest BCUT2D eigenvalue weighted by Crippen LogP contribution is -2.60. The zero-order valence-corrected chi connectivity index (χ0v) is 14.1. The maximum absolute atomic E-state index is 12.2. The predicted molar refractivity (Wildman–Crippen MR) is 90.3 cm³/mol. The van der Waals surface area contributed by atoms with Crippen LogP contribution in [0.2, 0.25) is 0 Å². The van der Waals surface area contributed by atoms with Gasteiger partial charge in [-0.2, -0.15) is 0 Å². The molecule has 3 rings (SSSR count). The van der Waals surface area contributed by atoms with Gasteiger partial charge in [-0.25, -0.2) is 4.79 Å². The molecule has 1 aromatic rings. The molecule has 23 heavy (non-hydrogen) atoms. The van der Waals surface area contributed by atoms with Crippen molar-refractivity contribution >= 4 is 6.03 Å². The lowest BCUT2D eigenvalue weighted by molar-refractivity contribution is 0.0188. The first-order chi connectivity index (χ1) is 11.1. The van der Waals surface area contributed by atoms with Crippen molar-refractivity contribution < 1.29 is 9.53 Å². The largest absolute Gasteiger partial charge is 0.385 e. The first-order valence-electron chi connectivity index (χ1n) is 8.41. The Labute approximate surface area is 138 Å². The molecule has 0 aliphatic carbocycles. The van der Waals surface area contributed by atoms with E-state index in [2.05, 4.69) is 41.8 Å². The zero-order chi connectivity index (χ0) is 16.3. The number of methoxy groups -OCH3 is 1. The van der Waals surface area contributed by atoms with Crippen molar-refractivity contribution in [2.45, 2.75) is 32.4 Å². The monoisotopic (exact) mass is 317 g/mol. The molecular formula is C18H27N3O2. The number of ether oxygens (including phenoxy) is 1. The fraction of sp³-hybridized carbons (Fsp3) is 0.611. The maximum Gasteiger partial charge on any atom is 0.317 e. The number of carbonyl (C=O) groups is 1. The lowest BCUT2D eigenvalue weighted by Gasteiger charge is -2.48. The van der Waals surface area contributed by atoms with Crippen molar-refractivity contribution in [1.29, 1.82) is 0 Å². The smallest absolute Gasteiger partial charge is 0.317 e. The van der Waals surface area contributed by atoms with Crippen molar-refractivity contribution in [2.24, 2.45) is 5.41 Å². The summed E-state index contributed by atoms with van der Waals surface area (Å²) >= 11 is 0. The first kappa shape index (κ1) is 16.3. The van der Waals surface area contributed by atoms with Crippen LogP contribution in [0, 0.1) is 5.41 Å². The van der Waals surface area contributed by atoms with E-state index in [0.717, 1.165) is 39.1 Å². The second-order valence-electron chi connectivity index (χ2n) is 7.15. The summed E-state index contributed by atoms with van der Waals surface area (Å²) < 4.78 is 5.14. The average molecular weight is 317 g/mol. The van der Waals surface area contributed by atoms with Crippen molar-refractivity contribution in [2.75, 3.05) is 33.4 Å². The summed E-state index contributed by atoms with van der Waals surface area (Å²) in [5.74, 6) is 0. The van der Waals surface area contributed by atoms with Gasteiger partial charge in [0.25, 0.3) is 0 Å². The standard InChI is InChI=1S/C18H27N3O2/c1-18(7-8-23-2)12-21(13-18)17(22)20-11-16-9-14-5-3-4-6-15(14)10-19-16/h3-6,16,19H,7-13H2,1-2H3,(H,20,22). The quantitative estimate of drug-likeness (QED) is 0.870. The van der Waals surface area contributed by atoms with Crippen LogP contribution in [0.25, 0.3) is 0 Å². The molecule has 2 amide bonds. The van der Waals surface area contributed by atoms with Crippen LogP contribution < -0.4 is 10.6 Å². The fourth-order valence-corrected chi connectivity index (χ4v) is 3.51. The highest BCUT2D eigenvalue weighted by atomic mass is 16.5. The number of benzene rings is 1. The van der Waals surface area contributed by atoms with Gasteiger partial charge in [-0.05, 0) is 24.0 Å². The Kier molecular flexibility index (Phi) is 4.87. The predicted octanol–water partition coefficient (Wildman–Crippen LogP) is 1.77. The van der Waals surface area contributed by atoms with E-state index >= 15 is 0 Å². The third-order valence-corrected chi connectivity index (χ3v) is 5.01. The van der Waals surface area contributed by atoms with Crippen molar-refractivity contribution in [1.82, 2.24) is 15.5 Å². The molecule has 1 unspecified atom stereocenters. The van der Waals surface area contributed by atoms with Crippen LogP contribution in [0.5, 0.6) is 0 Å². The number of hydrogen-bond donors (Lipinski definition) is 2. The molecule has 126 valence electrons. The highest BCUT2D eigenvalue weighted by Gasteiger charge is 2.40. The summed E-state index contributed by atoms with van der Waals surface area (Å²) in [7, 11) is 1.72. The summed E-state index contributed by atoms with van der Waals surface area (Å²) in [4.78, 5) is 14.1. The summed E-state index contributed by atoms with van der Waals surface area (Å²) in [5, 5.41) is 6.57. The van der Waals surface area contributed by atoms with Crippen LogP contribution in [-0.4, -0.2) is 50.3 Å². The van der Waals surface area contributed by atoms with Crippen molar-refractivity contribution in [3.8, 4) is 0 Å². The van der Waals surface area contributed by atoms with Gasteiger partial charge in [0.2, 0.25) is 0 Å². The minimum Gasteiger partial charge on any atom is -0.385 e. The third-order valence-electron chi connectivity index (χ3n) is 5.01. The number of carbonyl (C=O) groups excluding carboxylic acids is 1. The fourth-order valence-electron chi connectivity index (χ4n) is 3.51. The minimum atomic E-state index is 0.0561. The van der Waals surface area contributed by atoms with Crippen LogP contribution in [-0.2, 0) is 17.7 Å². The Morgan fingerprint density at radius 1 is 1.39 bits per heavy atom. The molecule has 1 saturated heterocycles. The molecule has 0 spiro atoms. The lowest BCUT2D eigenvalue weighted by atomic mass is 9.79. The second kappa shape index (κ2) is 6.89. The maximum atomic E-state index is 12.2. The van der Waals surface area contributed by atoms with E-state index in [1.54, 1.807) is 7.11 Å². The number of amides is 2. The number of nitrogens with zero attached hydrogens (tertiary/aromatic N) is 1. The number of rotatable bonds is 5. The first-order valence-corrected chi connectivity index (χ1v) is 8.41. The van der Waals surface area contributed by atoms with Gasteiger partial charge in [-0.15, -0.1) is 0 Å². The van der Waals surface area contributed by atoms with Crippen LogP contribution in [0.1, 0.15) is 24.5 Å². The van der Waals surface area contributed by atoms with Gasteiger partial charge in [0, 0.05) is 51.4 Å². The highest BCUT2D eigenvalue weighted by Crippen LogP contribution is 2.33. The SMILES string of the molecule is COCCC1(C)CN(C(=O)NCC2Cc3ccccc3CN2)C1. The topological polar surface area (TPSA) is 53.6 Å². The zero-order valence-electron chi connectivity index (χ0n) is 14.1. The number of urea groups is 1. The molecule has 0 aromatic heterocycles. The summed E-state index contributed by atoms with van der Waals surface area (Å²) in [5.41, 5.74) is 2.98. The van der Waals surface area contributed by atoms with Gasteiger partial charge < -0.3 is 20.3 Å². The Morgan fingerprint density at radius 2 is 2.13 bits per heavy atom. The molecule has 5 heteroatoms. The van der Waals surface area contributed by atoms with E-state index in [9.17, 15) is 4.79 Å². The molecule has 1 fully saturated rings. The number of nitrogens with one attached hydrogen (secondary N) is 2. The molecule has 5 nitrogen and oxygen atoms in total. The third kappa shape index (κ3) is 3.85. The molecule has 0 bridgehead atoms. The van der Waals surface area contributed by atoms with Crippen molar-refractivity contribution in [3.05, 3.63) is 35.4 Å². The van der Waals surface area contributed by atoms with Gasteiger partial charge >= 0.3 is 6.03 Å². The molecule has 1 aromatic carbocycles. The highest BCUT2D eigenvalue weighted by molar-refractivity contribution is 5.75. The van der Waals surface area contributed by atoms with E-state index in [1.807, 2.05) is 4.90 Å². The Hall–Kier alpha value is -1.59. The second-order valence-corrected chi connectivity index (χ2v) is 7.15. The van der Waals surface area contributed by atoms with Gasteiger partial charge in [-0.1, -0.05) is 31.2 Å². The van der Waals surface area contributed by atoms with Crippen LogP contribution >= 0.6 is 0 Å². The Morgan fingerprint density at radius 3 is 2.87 bits per heavy atom. The summed E-state index contributed by atoms with van der Waals surface area (Å²) in [6, 6.07) is 8.88. The molecule has 0 radical (unpaired) electrons. The van der Waals surface area contributed by atoms with E-state index in [1.165, 1.54) is 11.1 Å². The summed E-state index contributed by atoms with van der Waals surface area (Å²) in [6.45, 7) is 6.19. The van der Waals surface area contributed by atoms with E-state index in [0.29, 0.717) is 12.6 Å². The minimum absolute atomic E-state index is 0.0561. The van der Waals surface area contributed by atoms with Crippen LogP contribution in [0.15, 0.2) is 24.3 Å². The van der Waals surface area contributed by atoms with E-state index < -0.39 is 0 Å². The number of likely N-dealkylation sites (tertiary alicyclic amines) is 1. The molecule has 2 aliphatic heterocycles. The Balaban J connectivity index is 1.41. The number of hydrogen-bond acceptors (Lipinski definition) is 3. The molecule has 2 aliphatic rings. The van der Waals surface area contributed by atoms with Gasteiger partial charge in [0.05, 0.1) is 0 Å². The van der Waals surface area contributed by atoms with Crippen LogP contribution in [0.4, 0.5) is 4.79 Å². The van der Waals surface area contributed by atoms with Crippen molar-refractivity contribution in [3.63, 3.8) is 0 Å². The summed E-state index contributed by atoms with van der Waals surface area (Å²) in [6.07, 6.45) is 1.98. The normalized spacial score (nSPS) is 22.2. The van der Waals surface area contributed by atoms with E-state index in [-0.39, 0.29) is 11.4 Å². The number of fused-ring (bicyclic) bond motifs is 1. The average Bonchev–Trinajstić information content (AvgIpc) is 2.55. The van der Waals surface area contributed by atoms with Gasteiger partial charge in [0.15, 0.2) is 0 Å². The Bertz CT molecular complexity index is 555. The molecule has 0 saturated carbocycles. The van der Waals surface area contributed by atoms with E-state index in [4.69, 9.17) is 4.74 Å². The van der Waals surface area contributed by atoms with Gasteiger partial charge in [0.1, 0.15) is 0 Å². The van der Waals surface area contributed by atoms with Gasteiger partial charge in [-0.3, -0.25) is 0 Å². The molecule has 1 atom stereocenters. The molecule has 2 N–H and O–H groups in total.